The molecule has 2 unspecified atom stereocenters. The van der Waals surface area contributed by atoms with Crippen LogP contribution in [0.4, 0.5) is 0 Å². The highest BCUT2D eigenvalue weighted by Crippen LogP contribution is 2.27. The lowest BCUT2D eigenvalue weighted by Crippen LogP contribution is -2.41. The standard InChI is InChI=1S/C17H28N2O2/c1-6-13(12-9-7-8-10-14(12)21-5)19-16(20)11-15(18)17(2,3)4/h7-10,13,15H,6,11,18H2,1-5H3,(H,19,20). The number of carbonyl (C=O) groups is 1. The number of carbonyl (C=O) groups excluding carboxylic acids is 1. The molecule has 21 heavy (non-hydrogen) atoms. The monoisotopic (exact) mass is 292 g/mol. The van der Waals surface area contributed by atoms with E-state index in [1.165, 1.54) is 0 Å². The molecule has 118 valence electrons. The van der Waals surface area contributed by atoms with Crippen molar-refractivity contribution in [3.63, 3.8) is 0 Å². The molecule has 0 heterocycles. The number of methoxy groups -OCH3 is 1. The SMILES string of the molecule is CCC(NC(=O)CC(N)C(C)(C)C)c1ccccc1OC. The summed E-state index contributed by atoms with van der Waals surface area (Å²) in [5.74, 6) is 0.778. The van der Waals surface area contributed by atoms with Gasteiger partial charge in [-0.2, -0.15) is 0 Å². The maximum atomic E-state index is 12.2. The van der Waals surface area contributed by atoms with E-state index in [0.29, 0.717) is 6.42 Å². The molecule has 0 spiro atoms. The van der Waals surface area contributed by atoms with Crippen LogP contribution in [0, 0.1) is 5.41 Å². The minimum Gasteiger partial charge on any atom is -0.496 e. The fourth-order valence-electron chi connectivity index (χ4n) is 2.11. The number of rotatable bonds is 6. The number of nitrogens with one attached hydrogen (secondary N) is 1. The molecule has 1 aromatic carbocycles. The van der Waals surface area contributed by atoms with E-state index in [9.17, 15) is 4.79 Å². The first-order chi connectivity index (χ1) is 9.79. The van der Waals surface area contributed by atoms with Crippen LogP contribution in [0.25, 0.3) is 0 Å². The third kappa shape index (κ3) is 5.05. The first kappa shape index (κ1) is 17.5. The van der Waals surface area contributed by atoms with Gasteiger partial charge in [-0.3, -0.25) is 4.79 Å². The van der Waals surface area contributed by atoms with Crippen molar-refractivity contribution < 1.29 is 9.53 Å². The van der Waals surface area contributed by atoms with Crippen molar-refractivity contribution in [1.82, 2.24) is 5.32 Å². The van der Waals surface area contributed by atoms with E-state index in [2.05, 4.69) is 5.32 Å². The van der Waals surface area contributed by atoms with Crippen molar-refractivity contribution in [2.24, 2.45) is 11.1 Å². The van der Waals surface area contributed by atoms with Crippen molar-refractivity contribution in [3.05, 3.63) is 29.8 Å². The highest BCUT2D eigenvalue weighted by Gasteiger charge is 2.24. The maximum Gasteiger partial charge on any atom is 0.222 e. The highest BCUT2D eigenvalue weighted by atomic mass is 16.5. The van der Waals surface area contributed by atoms with Gasteiger partial charge in [0, 0.05) is 18.0 Å². The number of benzene rings is 1. The van der Waals surface area contributed by atoms with E-state index in [4.69, 9.17) is 10.5 Å². The van der Waals surface area contributed by atoms with Gasteiger partial charge >= 0.3 is 0 Å². The number of nitrogens with two attached hydrogens (primary N) is 1. The number of para-hydroxylation sites is 1. The molecule has 0 aliphatic carbocycles. The van der Waals surface area contributed by atoms with Crippen LogP contribution in [0.3, 0.4) is 0 Å². The lowest BCUT2D eigenvalue weighted by molar-refractivity contribution is -0.122. The molecule has 0 saturated heterocycles. The lowest BCUT2D eigenvalue weighted by atomic mass is 9.85. The number of hydrogen-bond donors (Lipinski definition) is 2. The Bertz CT molecular complexity index is 466. The van der Waals surface area contributed by atoms with Gasteiger partial charge < -0.3 is 15.8 Å². The Kier molecular flexibility index (Phi) is 6.21. The molecule has 0 aromatic heterocycles. The molecule has 1 amide bonds. The summed E-state index contributed by atoms with van der Waals surface area (Å²) in [7, 11) is 1.64. The molecule has 1 rings (SSSR count). The molecule has 1 aromatic rings. The van der Waals surface area contributed by atoms with Gasteiger partial charge in [0.2, 0.25) is 5.91 Å². The fraction of sp³-hybridized carbons (Fsp3) is 0.588. The second-order valence-electron chi connectivity index (χ2n) is 6.45. The summed E-state index contributed by atoms with van der Waals surface area (Å²) in [5.41, 5.74) is 7.00. The van der Waals surface area contributed by atoms with Crippen LogP contribution >= 0.6 is 0 Å². The van der Waals surface area contributed by atoms with Gasteiger partial charge in [-0.1, -0.05) is 45.9 Å². The number of ether oxygens (including phenoxy) is 1. The van der Waals surface area contributed by atoms with Crippen molar-refractivity contribution >= 4 is 5.91 Å². The van der Waals surface area contributed by atoms with Crippen LogP contribution in [0.15, 0.2) is 24.3 Å². The molecule has 0 aliphatic rings. The molecule has 0 radical (unpaired) electrons. The molecule has 0 saturated carbocycles. The van der Waals surface area contributed by atoms with E-state index in [0.717, 1.165) is 17.7 Å². The Morgan fingerprint density at radius 2 is 1.95 bits per heavy atom. The molecule has 0 bridgehead atoms. The number of amides is 1. The van der Waals surface area contributed by atoms with Crippen molar-refractivity contribution in [1.29, 1.82) is 0 Å². The third-order valence-electron chi connectivity index (χ3n) is 3.78. The van der Waals surface area contributed by atoms with E-state index < -0.39 is 0 Å². The van der Waals surface area contributed by atoms with Gasteiger partial charge in [0.25, 0.3) is 0 Å². The average Bonchev–Trinajstić information content (AvgIpc) is 2.43. The zero-order valence-corrected chi connectivity index (χ0v) is 13.8. The van der Waals surface area contributed by atoms with Gasteiger partial charge in [0.1, 0.15) is 5.75 Å². The Morgan fingerprint density at radius 3 is 2.48 bits per heavy atom. The zero-order chi connectivity index (χ0) is 16.0. The first-order valence-electron chi connectivity index (χ1n) is 7.47. The van der Waals surface area contributed by atoms with Crippen molar-refractivity contribution in [3.8, 4) is 5.75 Å². The normalized spacial score (nSPS) is 14.4. The smallest absolute Gasteiger partial charge is 0.222 e. The van der Waals surface area contributed by atoms with E-state index in [-0.39, 0.29) is 23.4 Å². The second kappa shape index (κ2) is 7.46. The van der Waals surface area contributed by atoms with Crippen molar-refractivity contribution in [2.75, 3.05) is 7.11 Å². The van der Waals surface area contributed by atoms with Gasteiger partial charge in [0.05, 0.1) is 13.2 Å². The second-order valence-corrected chi connectivity index (χ2v) is 6.45. The van der Waals surface area contributed by atoms with Crippen LogP contribution in [0.5, 0.6) is 5.75 Å². The van der Waals surface area contributed by atoms with Crippen LogP contribution in [-0.4, -0.2) is 19.1 Å². The molecule has 0 aliphatic heterocycles. The fourth-order valence-corrected chi connectivity index (χ4v) is 2.11. The van der Waals surface area contributed by atoms with Crippen LogP contribution in [0.2, 0.25) is 0 Å². The number of hydrogen-bond acceptors (Lipinski definition) is 3. The van der Waals surface area contributed by atoms with Crippen LogP contribution in [0.1, 0.15) is 52.1 Å². The largest absolute Gasteiger partial charge is 0.496 e. The predicted molar refractivity (Wildman–Crippen MR) is 86.2 cm³/mol. The maximum absolute atomic E-state index is 12.2. The van der Waals surface area contributed by atoms with Crippen LogP contribution in [-0.2, 0) is 4.79 Å². The van der Waals surface area contributed by atoms with Gasteiger partial charge in [-0.25, -0.2) is 0 Å². The molecule has 2 atom stereocenters. The topological polar surface area (TPSA) is 64.4 Å². The summed E-state index contributed by atoms with van der Waals surface area (Å²) in [6.07, 6.45) is 1.13. The Balaban J connectivity index is 2.76. The summed E-state index contributed by atoms with van der Waals surface area (Å²) in [6.45, 7) is 8.18. The minimum absolute atomic E-state index is 0.0184. The predicted octanol–water partition coefficient (Wildman–Crippen LogP) is 3.03. The Morgan fingerprint density at radius 1 is 1.33 bits per heavy atom. The molecular weight excluding hydrogens is 264 g/mol. The van der Waals surface area contributed by atoms with Gasteiger partial charge in [0.15, 0.2) is 0 Å². The quantitative estimate of drug-likeness (QED) is 0.847. The minimum atomic E-state index is -0.160. The molecule has 3 N–H and O–H groups in total. The molecule has 0 fully saturated rings. The summed E-state index contributed by atoms with van der Waals surface area (Å²) in [6, 6.07) is 7.55. The Labute approximate surface area is 128 Å². The third-order valence-corrected chi connectivity index (χ3v) is 3.78. The lowest BCUT2D eigenvalue weighted by Gasteiger charge is -2.27. The first-order valence-corrected chi connectivity index (χ1v) is 7.47. The summed E-state index contributed by atoms with van der Waals surface area (Å²) in [4.78, 5) is 12.2. The summed E-state index contributed by atoms with van der Waals surface area (Å²) < 4.78 is 5.37. The van der Waals surface area contributed by atoms with E-state index in [1.807, 2.05) is 52.0 Å². The molecular formula is C17H28N2O2. The molecule has 4 nitrogen and oxygen atoms in total. The summed E-state index contributed by atoms with van der Waals surface area (Å²) >= 11 is 0. The van der Waals surface area contributed by atoms with E-state index in [1.54, 1.807) is 7.11 Å². The summed E-state index contributed by atoms with van der Waals surface area (Å²) in [5, 5.41) is 3.06. The van der Waals surface area contributed by atoms with Crippen LogP contribution < -0.4 is 15.8 Å². The molecule has 4 heteroatoms. The van der Waals surface area contributed by atoms with Crippen molar-refractivity contribution in [2.45, 2.75) is 52.6 Å². The zero-order valence-electron chi connectivity index (χ0n) is 13.8. The van der Waals surface area contributed by atoms with Gasteiger partial charge in [-0.05, 0) is 17.9 Å². The Hall–Kier alpha value is -1.55. The van der Waals surface area contributed by atoms with E-state index >= 15 is 0 Å². The average molecular weight is 292 g/mol. The highest BCUT2D eigenvalue weighted by molar-refractivity contribution is 5.77. The van der Waals surface area contributed by atoms with Gasteiger partial charge in [-0.15, -0.1) is 0 Å².